The first-order chi connectivity index (χ1) is 11.4. The fourth-order valence-electron chi connectivity index (χ4n) is 2.61. The standard InChI is InChI=1S/C15H22ClN3O4S/c16-12-3-4-13(23-10-15(17)20)14(8-12)24(21,22)19-7-5-11-2-1-6-18-9-11/h3-4,8,11,18-19H,1-2,5-7,9-10H2,(H2,17,20). The van der Waals surface area contributed by atoms with Gasteiger partial charge in [-0.25, -0.2) is 13.1 Å². The summed E-state index contributed by atoms with van der Waals surface area (Å²) < 4.78 is 32.8. The summed E-state index contributed by atoms with van der Waals surface area (Å²) in [5.74, 6) is -0.178. The van der Waals surface area contributed by atoms with E-state index in [9.17, 15) is 13.2 Å². The Bertz CT molecular complexity index is 675. The highest BCUT2D eigenvalue weighted by Gasteiger charge is 2.21. The Morgan fingerprint density at radius 3 is 2.92 bits per heavy atom. The molecule has 9 heteroatoms. The fraction of sp³-hybridized carbons (Fsp3) is 0.533. The normalized spacial score (nSPS) is 18.3. The molecule has 1 fully saturated rings. The number of amides is 1. The molecular weight excluding hydrogens is 354 g/mol. The van der Waals surface area contributed by atoms with E-state index >= 15 is 0 Å². The monoisotopic (exact) mass is 375 g/mol. The molecule has 2 rings (SSSR count). The van der Waals surface area contributed by atoms with Crippen LogP contribution in [0.3, 0.4) is 0 Å². The summed E-state index contributed by atoms with van der Waals surface area (Å²) >= 11 is 5.89. The van der Waals surface area contributed by atoms with Crippen LogP contribution >= 0.6 is 11.6 Å². The largest absolute Gasteiger partial charge is 0.482 e. The van der Waals surface area contributed by atoms with Gasteiger partial charge in [-0.2, -0.15) is 0 Å². The van der Waals surface area contributed by atoms with E-state index in [0.29, 0.717) is 12.5 Å². The maximum atomic E-state index is 12.5. The zero-order valence-electron chi connectivity index (χ0n) is 13.3. The van der Waals surface area contributed by atoms with E-state index in [-0.39, 0.29) is 15.7 Å². The lowest BCUT2D eigenvalue weighted by atomic mass is 9.96. The SMILES string of the molecule is NC(=O)COc1ccc(Cl)cc1S(=O)(=O)NCCC1CCCNC1. The zero-order chi connectivity index (χ0) is 17.6. The highest BCUT2D eigenvalue weighted by atomic mass is 35.5. The lowest BCUT2D eigenvalue weighted by Gasteiger charge is -2.22. The zero-order valence-corrected chi connectivity index (χ0v) is 14.8. The maximum Gasteiger partial charge on any atom is 0.255 e. The third-order valence-corrected chi connectivity index (χ3v) is 5.53. The van der Waals surface area contributed by atoms with Crippen molar-refractivity contribution < 1.29 is 17.9 Å². The van der Waals surface area contributed by atoms with Crippen LogP contribution in [0.4, 0.5) is 0 Å². The van der Waals surface area contributed by atoms with Gasteiger partial charge in [-0.05, 0) is 56.5 Å². The third kappa shape index (κ3) is 5.62. The van der Waals surface area contributed by atoms with Crippen molar-refractivity contribution in [2.75, 3.05) is 26.2 Å². The molecule has 1 atom stereocenters. The number of carbonyl (C=O) groups is 1. The number of primary amides is 1. The predicted molar refractivity (Wildman–Crippen MR) is 91.5 cm³/mol. The highest BCUT2D eigenvalue weighted by Crippen LogP contribution is 2.27. The van der Waals surface area contributed by atoms with Crippen LogP contribution in [0.2, 0.25) is 5.02 Å². The number of carbonyl (C=O) groups excluding carboxylic acids is 1. The first kappa shape index (κ1) is 19.0. The molecule has 1 saturated heterocycles. The van der Waals surface area contributed by atoms with Gasteiger partial charge in [0.05, 0.1) is 0 Å². The van der Waals surface area contributed by atoms with Crippen molar-refractivity contribution in [2.45, 2.75) is 24.2 Å². The van der Waals surface area contributed by atoms with E-state index in [1.54, 1.807) is 0 Å². The minimum atomic E-state index is -3.79. The van der Waals surface area contributed by atoms with Gasteiger partial charge < -0.3 is 15.8 Å². The average Bonchev–Trinajstić information content (AvgIpc) is 2.54. The Morgan fingerprint density at radius 1 is 1.46 bits per heavy atom. The summed E-state index contributed by atoms with van der Waals surface area (Å²) in [7, 11) is -3.79. The van der Waals surface area contributed by atoms with Crippen LogP contribution in [0.25, 0.3) is 0 Å². The molecule has 4 N–H and O–H groups in total. The molecule has 0 saturated carbocycles. The number of rotatable bonds is 8. The first-order valence-electron chi connectivity index (χ1n) is 7.79. The van der Waals surface area contributed by atoms with Crippen molar-refractivity contribution in [2.24, 2.45) is 11.7 Å². The lowest BCUT2D eigenvalue weighted by Crippen LogP contribution is -2.33. The number of benzene rings is 1. The van der Waals surface area contributed by atoms with Gasteiger partial charge >= 0.3 is 0 Å². The van der Waals surface area contributed by atoms with Crippen LogP contribution in [0.5, 0.6) is 5.75 Å². The fourth-order valence-corrected chi connectivity index (χ4v) is 4.06. The van der Waals surface area contributed by atoms with Crippen LogP contribution < -0.4 is 20.5 Å². The number of nitrogens with two attached hydrogens (primary N) is 1. The van der Waals surface area contributed by atoms with Gasteiger partial charge in [0, 0.05) is 11.6 Å². The Balaban J connectivity index is 2.03. The van der Waals surface area contributed by atoms with Gasteiger partial charge in [0.1, 0.15) is 10.6 Å². The molecule has 7 nitrogen and oxygen atoms in total. The topological polar surface area (TPSA) is 111 Å². The second-order valence-corrected chi connectivity index (χ2v) is 7.92. The van der Waals surface area contributed by atoms with Crippen molar-refractivity contribution in [1.29, 1.82) is 0 Å². The number of ether oxygens (including phenoxy) is 1. The van der Waals surface area contributed by atoms with Gasteiger partial charge in [0.2, 0.25) is 10.0 Å². The van der Waals surface area contributed by atoms with Crippen molar-refractivity contribution >= 4 is 27.5 Å². The third-order valence-electron chi connectivity index (χ3n) is 3.81. The van der Waals surface area contributed by atoms with Crippen LogP contribution in [-0.2, 0) is 14.8 Å². The summed E-state index contributed by atoms with van der Waals surface area (Å²) in [6.07, 6.45) is 2.96. The smallest absolute Gasteiger partial charge is 0.255 e. The quantitative estimate of drug-likeness (QED) is 0.624. The van der Waals surface area contributed by atoms with Crippen LogP contribution in [0, 0.1) is 5.92 Å². The molecule has 1 amide bonds. The molecule has 24 heavy (non-hydrogen) atoms. The molecule has 134 valence electrons. The van der Waals surface area contributed by atoms with Gasteiger partial charge in [-0.3, -0.25) is 4.79 Å². The number of piperidine rings is 1. The minimum absolute atomic E-state index is 0.0463. The van der Waals surface area contributed by atoms with Crippen molar-refractivity contribution in [1.82, 2.24) is 10.0 Å². The number of halogens is 1. The summed E-state index contributed by atoms with van der Waals surface area (Å²) in [6.45, 7) is 1.85. The number of nitrogens with one attached hydrogen (secondary N) is 2. The Hall–Kier alpha value is -1.35. The number of hydrogen-bond donors (Lipinski definition) is 3. The maximum absolute atomic E-state index is 12.5. The van der Waals surface area contributed by atoms with E-state index < -0.39 is 22.5 Å². The van der Waals surface area contributed by atoms with Gasteiger partial charge in [-0.1, -0.05) is 11.6 Å². The summed E-state index contributed by atoms with van der Waals surface area (Å²) in [6, 6.07) is 4.19. The summed E-state index contributed by atoms with van der Waals surface area (Å²) in [5.41, 5.74) is 5.03. The van der Waals surface area contributed by atoms with E-state index in [0.717, 1.165) is 32.4 Å². The van der Waals surface area contributed by atoms with Crippen molar-refractivity contribution in [3.63, 3.8) is 0 Å². The average molecular weight is 376 g/mol. The molecule has 1 unspecified atom stereocenters. The predicted octanol–water partition coefficient (Wildman–Crippen LogP) is 0.872. The highest BCUT2D eigenvalue weighted by molar-refractivity contribution is 7.89. The van der Waals surface area contributed by atoms with E-state index in [1.165, 1.54) is 18.2 Å². The Kier molecular flexibility index (Phi) is 6.85. The molecule has 1 aromatic carbocycles. The molecule has 0 radical (unpaired) electrons. The molecular formula is C15H22ClN3O4S. The molecule has 0 aromatic heterocycles. The van der Waals surface area contributed by atoms with E-state index in [1.807, 2.05) is 0 Å². The molecule has 0 spiro atoms. The van der Waals surface area contributed by atoms with Crippen LogP contribution in [-0.4, -0.2) is 40.6 Å². The second kappa shape index (κ2) is 8.66. The van der Waals surface area contributed by atoms with Crippen molar-refractivity contribution in [3.8, 4) is 5.75 Å². The van der Waals surface area contributed by atoms with E-state index in [2.05, 4.69) is 10.0 Å². The summed E-state index contributed by atoms with van der Waals surface area (Å²) in [4.78, 5) is 10.7. The van der Waals surface area contributed by atoms with Gasteiger partial charge in [0.15, 0.2) is 6.61 Å². The molecule has 0 bridgehead atoms. The number of sulfonamides is 1. The molecule has 1 aromatic rings. The Morgan fingerprint density at radius 2 is 2.25 bits per heavy atom. The minimum Gasteiger partial charge on any atom is -0.482 e. The lowest BCUT2D eigenvalue weighted by molar-refractivity contribution is -0.120. The first-order valence-corrected chi connectivity index (χ1v) is 9.65. The van der Waals surface area contributed by atoms with Crippen LogP contribution in [0.1, 0.15) is 19.3 Å². The number of hydrogen-bond acceptors (Lipinski definition) is 5. The van der Waals surface area contributed by atoms with Gasteiger partial charge in [0.25, 0.3) is 5.91 Å². The van der Waals surface area contributed by atoms with E-state index in [4.69, 9.17) is 22.1 Å². The van der Waals surface area contributed by atoms with Crippen LogP contribution in [0.15, 0.2) is 23.1 Å². The Labute approximate surface area is 146 Å². The molecule has 1 heterocycles. The molecule has 1 aliphatic heterocycles. The molecule has 0 aliphatic carbocycles. The van der Waals surface area contributed by atoms with Gasteiger partial charge in [-0.15, -0.1) is 0 Å². The summed E-state index contributed by atoms with van der Waals surface area (Å²) in [5, 5.41) is 3.56. The second-order valence-electron chi connectivity index (χ2n) is 5.74. The molecule has 1 aliphatic rings. The van der Waals surface area contributed by atoms with Crippen molar-refractivity contribution in [3.05, 3.63) is 23.2 Å².